The Morgan fingerprint density at radius 3 is 2.71 bits per heavy atom. The Bertz CT molecular complexity index is 362. The van der Waals surface area contributed by atoms with Crippen LogP contribution in [0.15, 0.2) is 0 Å². The lowest BCUT2D eigenvalue weighted by Crippen LogP contribution is -2.54. The molecular weight excluding hydrogens is 270 g/mol. The number of likely N-dealkylation sites (tertiary alicyclic amines) is 1. The van der Waals surface area contributed by atoms with Gasteiger partial charge in [0.1, 0.15) is 5.60 Å². The molecule has 6 nitrogen and oxygen atoms in total. The molecule has 0 bridgehead atoms. The molecule has 2 heterocycles. The second kappa shape index (κ2) is 6.50. The first-order chi connectivity index (χ1) is 9.79. The lowest BCUT2D eigenvalue weighted by Gasteiger charge is -2.35. The summed E-state index contributed by atoms with van der Waals surface area (Å²) in [5.41, 5.74) is -1.13. The van der Waals surface area contributed by atoms with Crippen molar-refractivity contribution in [2.45, 2.75) is 63.8 Å². The maximum absolute atomic E-state index is 12.2. The lowest BCUT2D eigenvalue weighted by molar-refractivity contribution is -0.00368. The van der Waals surface area contributed by atoms with Gasteiger partial charge < -0.3 is 15.2 Å². The van der Waals surface area contributed by atoms with Crippen LogP contribution in [0, 0.1) is 0 Å². The molecule has 0 saturated carbocycles. The van der Waals surface area contributed by atoms with Crippen molar-refractivity contribution in [3.63, 3.8) is 0 Å². The molecule has 2 saturated heterocycles. The summed E-state index contributed by atoms with van der Waals surface area (Å²) in [5, 5.41) is 17.1. The zero-order valence-electron chi connectivity index (χ0n) is 13.4. The van der Waals surface area contributed by atoms with Gasteiger partial charge in [-0.1, -0.05) is 0 Å². The highest BCUT2D eigenvalue weighted by molar-refractivity contribution is 5.68. The van der Waals surface area contributed by atoms with Gasteiger partial charge in [0, 0.05) is 13.1 Å². The van der Waals surface area contributed by atoms with Gasteiger partial charge in [-0.15, -0.1) is 0 Å². The van der Waals surface area contributed by atoms with Crippen LogP contribution in [-0.2, 0) is 4.74 Å². The minimum atomic E-state index is -0.659. The third kappa shape index (κ3) is 4.83. The van der Waals surface area contributed by atoms with Crippen LogP contribution in [0.25, 0.3) is 0 Å². The van der Waals surface area contributed by atoms with Crippen molar-refractivity contribution in [1.82, 2.24) is 15.5 Å². The molecule has 1 unspecified atom stereocenters. The van der Waals surface area contributed by atoms with Gasteiger partial charge in [-0.25, -0.2) is 4.79 Å². The fourth-order valence-corrected chi connectivity index (χ4v) is 2.89. The third-order valence-corrected chi connectivity index (χ3v) is 4.08. The zero-order valence-corrected chi connectivity index (χ0v) is 13.4. The van der Waals surface area contributed by atoms with E-state index in [1.165, 1.54) is 0 Å². The summed E-state index contributed by atoms with van der Waals surface area (Å²) in [5.74, 6) is 0. The van der Waals surface area contributed by atoms with E-state index >= 15 is 0 Å². The average molecular weight is 299 g/mol. The van der Waals surface area contributed by atoms with E-state index in [1.807, 2.05) is 20.8 Å². The summed E-state index contributed by atoms with van der Waals surface area (Å²) in [4.78, 5) is 13.9. The SMILES string of the molecule is CC(C)(C)OC(=O)N1CCCC1NCC1(O)CCNCC1. The highest BCUT2D eigenvalue weighted by Gasteiger charge is 2.35. The van der Waals surface area contributed by atoms with Crippen LogP contribution >= 0.6 is 0 Å². The minimum Gasteiger partial charge on any atom is -0.444 e. The van der Waals surface area contributed by atoms with Crippen LogP contribution in [0.4, 0.5) is 4.79 Å². The molecule has 0 aromatic rings. The van der Waals surface area contributed by atoms with Crippen molar-refractivity contribution < 1.29 is 14.6 Å². The Balaban J connectivity index is 1.85. The quantitative estimate of drug-likeness (QED) is 0.726. The molecule has 122 valence electrons. The maximum atomic E-state index is 12.2. The van der Waals surface area contributed by atoms with E-state index in [0.29, 0.717) is 13.1 Å². The van der Waals surface area contributed by atoms with E-state index < -0.39 is 11.2 Å². The molecule has 0 aliphatic carbocycles. The Morgan fingerprint density at radius 2 is 2.10 bits per heavy atom. The second-order valence-electron chi connectivity index (χ2n) is 7.19. The number of carbonyl (C=O) groups excluding carboxylic acids is 1. The van der Waals surface area contributed by atoms with Gasteiger partial charge in [0.05, 0.1) is 11.8 Å². The third-order valence-electron chi connectivity index (χ3n) is 4.08. The van der Waals surface area contributed by atoms with Crippen molar-refractivity contribution in [2.24, 2.45) is 0 Å². The molecule has 0 aromatic heterocycles. The van der Waals surface area contributed by atoms with Gasteiger partial charge in [0.2, 0.25) is 0 Å². The summed E-state index contributed by atoms with van der Waals surface area (Å²) in [7, 11) is 0. The number of ether oxygens (including phenoxy) is 1. The number of nitrogens with one attached hydrogen (secondary N) is 2. The number of hydrogen-bond donors (Lipinski definition) is 3. The van der Waals surface area contributed by atoms with Crippen molar-refractivity contribution in [2.75, 3.05) is 26.2 Å². The first-order valence-corrected chi connectivity index (χ1v) is 7.95. The van der Waals surface area contributed by atoms with Crippen LogP contribution < -0.4 is 10.6 Å². The Labute approximate surface area is 127 Å². The van der Waals surface area contributed by atoms with Crippen LogP contribution in [0.1, 0.15) is 46.5 Å². The fraction of sp³-hybridized carbons (Fsp3) is 0.933. The molecule has 2 aliphatic heterocycles. The summed E-state index contributed by atoms with van der Waals surface area (Å²) in [6.07, 6.45) is 3.08. The summed E-state index contributed by atoms with van der Waals surface area (Å²) in [6, 6.07) is 0. The number of piperidine rings is 1. The summed E-state index contributed by atoms with van der Waals surface area (Å²) >= 11 is 0. The molecule has 3 N–H and O–H groups in total. The number of aliphatic hydroxyl groups is 1. The number of amides is 1. The van der Waals surface area contributed by atoms with Crippen LogP contribution in [0.3, 0.4) is 0 Å². The van der Waals surface area contributed by atoms with E-state index in [0.717, 1.165) is 38.8 Å². The van der Waals surface area contributed by atoms with Crippen molar-refractivity contribution in [1.29, 1.82) is 0 Å². The van der Waals surface area contributed by atoms with Crippen molar-refractivity contribution >= 4 is 6.09 Å². The van der Waals surface area contributed by atoms with E-state index in [-0.39, 0.29) is 12.3 Å². The lowest BCUT2D eigenvalue weighted by atomic mass is 9.92. The predicted octanol–water partition coefficient (Wildman–Crippen LogP) is 1.05. The Morgan fingerprint density at radius 1 is 1.43 bits per heavy atom. The van der Waals surface area contributed by atoms with Crippen molar-refractivity contribution in [3.8, 4) is 0 Å². The van der Waals surface area contributed by atoms with Gasteiger partial charge in [-0.05, 0) is 59.5 Å². The standard InChI is InChI=1S/C15H29N3O3/c1-14(2,3)21-13(19)18-10-4-5-12(18)17-11-15(20)6-8-16-9-7-15/h12,16-17,20H,4-11H2,1-3H3. The maximum Gasteiger partial charge on any atom is 0.411 e. The van der Waals surface area contributed by atoms with Gasteiger partial charge >= 0.3 is 6.09 Å². The first kappa shape index (κ1) is 16.5. The van der Waals surface area contributed by atoms with E-state index in [1.54, 1.807) is 4.90 Å². The normalized spacial score (nSPS) is 25.9. The van der Waals surface area contributed by atoms with E-state index in [4.69, 9.17) is 4.74 Å². The van der Waals surface area contributed by atoms with E-state index in [2.05, 4.69) is 10.6 Å². The Hall–Kier alpha value is -0.850. The second-order valence-corrected chi connectivity index (χ2v) is 7.19. The molecule has 1 amide bonds. The van der Waals surface area contributed by atoms with Crippen LogP contribution in [0.2, 0.25) is 0 Å². The number of rotatable bonds is 3. The number of hydrogen-bond acceptors (Lipinski definition) is 5. The number of carbonyl (C=O) groups is 1. The van der Waals surface area contributed by atoms with Gasteiger partial charge in [-0.2, -0.15) is 0 Å². The predicted molar refractivity (Wildman–Crippen MR) is 81.0 cm³/mol. The molecule has 6 heteroatoms. The number of nitrogens with zero attached hydrogens (tertiary/aromatic N) is 1. The molecule has 0 spiro atoms. The molecule has 2 aliphatic rings. The minimum absolute atomic E-state index is 0.0289. The van der Waals surface area contributed by atoms with Gasteiger partial charge in [0.15, 0.2) is 0 Å². The molecule has 0 aromatic carbocycles. The first-order valence-electron chi connectivity index (χ1n) is 7.95. The summed E-state index contributed by atoms with van der Waals surface area (Å²) in [6.45, 7) is 8.56. The van der Waals surface area contributed by atoms with Crippen LogP contribution in [0.5, 0.6) is 0 Å². The van der Waals surface area contributed by atoms with Gasteiger partial charge in [-0.3, -0.25) is 10.2 Å². The largest absolute Gasteiger partial charge is 0.444 e. The molecule has 21 heavy (non-hydrogen) atoms. The molecule has 1 atom stereocenters. The van der Waals surface area contributed by atoms with Crippen molar-refractivity contribution in [3.05, 3.63) is 0 Å². The average Bonchev–Trinajstić information content (AvgIpc) is 2.84. The summed E-state index contributed by atoms with van der Waals surface area (Å²) < 4.78 is 5.44. The molecule has 2 fully saturated rings. The highest BCUT2D eigenvalue weighted by Crippen LogP contribution is 2.21. The highest BCUT2D eigenvalue weighted by atomic mass is 16.6. The van der Waals surface area contributed by atoms with Gasteiger partial charge in [0.25, 0.3) is 0 Å². The fourth-order valence-electron chi connectivity index (χ4n) is 2.89. The Kier molecular flexibility index (Phi) is 5.11. The van der Waals surface area contributed by atoms with E-state index in [9.17, 15) is 9.90 Å². The monoisotopic (exact) mass is 299 g/mol. The zero-order chi connectivity index (χ0) is 15.5. The topological polar surface area (TPSA) is 73.8 Å². The molecule has 2 rings (SSSR count). The smallest absolute Gasteiger partial charge is 0.411 e. The van der Waals surface area contributed by atoms with Crippen LogP contribution in [-0.4, -0.2) is 59.6 Å². The molecular formula is C15H29N3O3. The molecule has 0 radical (unpaired) electrons.